The van der Waals surface area contributed by atoms with Crippen LogP contribution in [0, 0.1) is 0 Å². The molecule has 7 heteroatoms. The Hall–Kier alpha value is -0.660. The van der Waals surface area contributed by atoms with E-state index in [-0.39, 0.29) is 6.29 Å². The summed E-state index contributed by atoms with van der Waals surface area (Å²) in [5.41, 5.74) is 0. The van der Waals surface area contributed by atoms with Gasteiger partial charge in [-0.2, -0.15) is 0 Å². The zero-order chi connectivity index (χ0) is 10.4. The molecule has 80 valence electrons. The average Bonchev–Trinajstić information content (AvgIpc) is 2.62. The highest BCUT2D eigenvalue weighted by atomic mass is 32.2. The molecule has 0 saturated carbocycles. The molecule has 1 aromatic heterocycles. The van der Waals surface area contributed by atoms with E-state index in [9.17, 15) is 0 Å². The molecule has 0 N–H and O–H groups in total. The molecule has 0 radical (unpaired) electrons. The van der Waals surface area contributed by atoms with Crippen LogP contribution in [0.15, 0.2) is 5.16 Å². The number of hydrogen-bond donors (Lipinski definition) is 0. The van der Waals surface area contributed by atoms with Gasteiger partial charge in [0.05, 0.1) is 6.54 Å². The lowest BCUT2D eigenvalue weighted by molar-refractivity contribution is -0.113. The van der Waals surface area contributed by atoms with Gasteiger partial charge in [0.25, 0.3) is 0 Å². The van der Waals surface area contributed by atoms with Gasteiger partial charge in [-0.3, -0.25) is 0 Å². The van der Waals surface area contributed by atoms with Crippen molar-refractivity contribution in [3.63, 3.8) is 0 Å². The molecule has 0 amide bonds. The Kier molecular flexibility index (Phi) is 4.85. The van der Waals surface area contributed by atoms with Crippen molar-refractivity contribution in [3.05, 3.63) is 0 Å². The van der Waals surface area contributed by atoms with Crippen LogP contribution in [0.1, 0.15) is 6.92 Å². The number of tetrazole rings is 1. The molecule has 0 unspecified atom stereocenters. The fourth-order valence-electron chi connectivity index (χ4n) is 0.930. The topological polar surface area (TPSA) is 62.1 Å². The first-order chi connectivity index (χ1) is 6.81. The highest BCUT2D eigenvalue weighted by molar-refractivity contribution is 7.99. The van der Waals surface area contributed by atoms with Crippen LogP contribution in [-0.2, 0) is 16.0 Å². The van der Waals surface area contributed by atoms with E-state index < -0.39 is 0 Å². The number of aromatic nitrogens is 4. The van der Waals surface area contributed by atoms with Crippen molar-refractivity contribution < 1.29 is 9.47 Å². The number of nitrogens with zero attached hydrogens (tertiary/aromatic N) is 4. The predicted octanol–water partition coefficient (Wildman–Crippen LogP) is 0.404. The molecule has 1 rings (SSSR count). The normalized spacial score (nSPS) is 11.1. The molecule has 0 bridgehead atoms. The second kappa shape index (κ2) is 5.94. The lowest BCUT2D eigenvalue weighted by Gasteiger charge is -2.12. The molecule has 0 aromatic carbocycles. The zero-order valence-corrected chi connectivity index (χ0v) is 9.32. The highest BCUT2D eigenvalue weighted by Crippen LogP contribution is 2.13. The van der Waals surface area contributed by atoms with Crippen LogP contribution in [0.2, 0.25) is 0 Å². The molecule has 0 aliphatic heterocycles. The van der Waals surface area contributed by atoms with Crippen molar-refractivity contribution in [2.24, 2.45) is 0 Å². The molecule has 0 aliphatic carbocycles. The van der Waals surface area contributed by atoms with Crippen LogP contribution >= 0.6 is 11.8 Å². The number of hydrogen-bond acceptors (Lipinski definition) is 6. The molecular formula is C7H14N4O2S. The summed E-state index contributed by atoms with van der Waals surface area (Å²) in [6.07, 6.45) is -0.310. The van der Waals surface area contributed by atoms with Crippen LogP contribution < -0.4 is 0 Å². The van der Waals surface area contributed by atoms with Crippen LogP contribution in [0.25, 0.3) is 0 Å². The first-order valence-electron chi connectivity index (χ1n) is 4.26. The lowest BCUT2D eigenvalue weighted by Crippen LogP contribution is -2.21. The molecule has 0 saturated heterocycles. The van der Waals surface area contributed by atoms with Crippen molar-refractivity contribution >= 4 is 11.8 Å². The van der Waals surface area contributed by atoms with Crippen molar-refractivity contribution in [1.82, 2.24) is 20.2 Å². The minimum Gasteiger partial charge on any atom is -0.354 e. The molecule has 14 heavy (non-hydrogen) atoms. The van der Waals surface area contributed by atoms with Crippen LogP contribution in [0.5, 0.6) is 0 Å². The van der Waals surface area contributed by atoms with Gasteiger partial charge in [-0.1, -0.05) is 18.7 Å². The van der Waals surface area contributed by atoms with Gasteiger partial charge in [0.1, 0.15) is 0 Å². The van der Waals surface area contributed by atoms with Gasteiger partial charge in [-0.05, 0) is 16.2 Å². The summed E-state index contributed by atoms with van der Waals surface area (Å²) in [7, 11) is 3.18. The quantitative estimate of drug-likeness (QED) is 0.509. The molecule has 0 aliphatic rings. The Morgan fingerprint density at radius 2 is 2.14 bits per heavy atom. The largest absolute Gasteiger partial charge is 0.354 e. The smallest absolute Gasteiger partial charge is 0.209 e. The molecular weight excluding hydrogens is 204 g/mol. The van der Waals surface area contributed by atoms with Crippen molar-refractivity contribution in [3.8, 4) is 0 Å². The third-order valence-electron chi connectivity index (χ3n) is 1.62. The zero-order valence-electron chi connectivity index (χ0n) is 8.51. The Morgan fingerprint density at radius 1 is 1.43 bits per heavy atom. The van der Waals surface area contributed by atoms with E-state index in [0.29, 0.717) is 6.54 Å². The molecule has 6 nitrogen and oxygen atoms in total. The molecule has 1 heterocycles. The second-order valence-corrected chi connectivity index (χ2v) is 3.71. The Labute approximate surface area is 87.0 Å². The molecule has 1 aromatic rings. The summed E-state index contributed by atoms with van der Waals surface area (Å²) in [5, 5.41) is 12.1. The number of methoxy groups -OCH3 is 2. The molecule has 0 spiro atoms. The summed E-state index contributed by atoms with van der Waals surface area (Å²) < 4.78 is 11.8. The maximum atomic E-state index is 5.06. The first kappa shape index (κ1) is 11.4. The van der Waals surface area contributed by atoms with Crippen LogP contribution in [-0.4, -0.2) is 46.5 Å². The van der Waals surface area contributed by atoms with E-state index in [1.54, 1.807) is 30.7 Å². The van der Waals surface area contributed by atoms with Crippen LogP contribution in [0.3, 0.4) is 0 Å². The van der Waals surface area contributed by atoms with Gasteiger partial charge in [0, 0.05) is 14.2 Å². The number of thioether (sulfide) groups is 1. The SMILES string of the molecule is CCSc1nnnn1CC(OC)OC. The minimum absolute atomic E-state index is 0.310. The maximum absolute atomic E-state index is 5.06. The average molecular weight is 218 g/mol. The number of rotatable bonds is 6. The number of ether oxygens (including phenoxy) is 2. The summed E-state index contributed by atoms with van der Waals surface area (Å²) in [4.78, 5) is 0. The van der Waals surface area contributed by atoms with Crippen LogP contribution in [0.4, 0.5) is 0 Å². The summed E-state index contributed by atoms with van der Waals surface area (Å²) in [6, 6.07) is 0. The van der Waals surface area contributed by atoms with E-state index in [0.717, 1.165) is 10.9 Å². The lowest BCUT2D eigenvalue weighted by atomic mass is 10.6. The van der Waals surface area contributed by atoms with Gasteiger partial charge < -0.3 is 9.47 Å². The van der Waals surface area contributed by atoms with E-state index in [4.69, 9.17) is 9.47 Å². The van der Waals surface area contributed by atoms with Crippen molar-refractivity contribution in [2.75, 3.05) is 20.0 Å². The van der Waals surface area contributed by atoms with E-state index in [1.807, 2.05) is 6.92 Å². The summed E-state index contributed by atoms with van der Waals surface area (Å²) in [6.45, 7) is 2.55. The predicted molar refractivity (Wildman–Crippen MR) is 52.0 cm³/mol. The fourth-order valence-corrected chi connectivity index (χ4v) is 1.54. The van der Waals surface area contributed by atoms with Gasteiger partial charge >= 0.3 is 0 Å². The van der Waals surface area contributed by atoms with Gasteiger partial charge in [0.15, 0.2) is 6.29 Å². The van der Waals surface area contributed by atoms with E-state index >= 15 is 0 Å². The minimum atomic E-state index is -0.310. The van der Waals surface area contributed by atoms with E-state index in [2.05, 4.69) is 15.5 Å². The third kappa shape index (κ3) is 2.93. The van der Waals surface area contributed by atoms with Crippen molar-refractivity contribution in [1.29, 1.82) is 0 Å². The summed E-state index contributed by atoms with van der Waals surface area (Å²) >= 11 is 1.59. The monoisotopic (exact) mass is 218 g/mol. The Balaban J connectivity index is 2.60. The van der Waals surface area contributed by atoms with Gasteiger partial charge in [0.2, 0.25) is 5.16 Å². The standard InChI is InChI=1S/C7H14N4O2S/c1-4-14-7-8-9-10-11(7)5-6(12-2)13-3/h6H,4-5H2,1-3H3. The Morgan fingerprint density at radius 3 is 2.71 bits per heavy atom. The van der Waals surface area contributed by atoms with Gasteiger partial charge in [-0.15, -0.1) is 5.10 Å². The van der Waals surface area contributed by atoms with Crippen molar-refractivity contribution in [2.45, 2.75) is 24.9 Å². The third-order valence-corrected chi connectivity index (χ3v) is 2.46. The molecule has 0 atom stereocenters. The highest BCUT2D eigenvalue weighted by Gasteiger charge is 2.11. The maximum Gasteiger partial charge on any atom is 0.209 e. The first-order valence-corrected chi connectivity index (χ1v) is 5.25. The molecule has 0 fully saturated rings. The second-order valence-electron chi connectivity index (χ2n) is 2.48. The Bertz CT molecular complexity index is 264. The van der Waals surface area contributed by atoms with E-state index in [1.165, 1.54) is 0 Å². The van der Waals surface area contributed by atoms with Gasteiger partial charge in [-0.25, -0.2) is 4.68 Å². The summed E-state index contributed by atoms with van der Waals surface area (Å²) in [5.74, 6) is 0.936. The fraction of sp³-hybridized carbons (Fsp3) is 0.857.